The van der Waals surface area contributed by atoms with Crippen molar-refractivity contribution in [1.82, 2.24) is 29.8 Å². The fourth-order valence-corrected chi connectivity index (χ4v) is 5.53. The lowest BCUT2D eigenvalue weighted by molar-refractivity contribution is -0.0440. The molecule has 1 fully saturated rings. The number of carbonyl (C=O) groups excluding carboxylic acids is 1. The van der Waals surface area contributed by atoms with Gasteiger partial charge in [-0.1, -0.05) is 18.2 Å². The van der Waals surface area contributed by atoms with Gasteiger partial charge in [-0.2, -0.15) is 0 Å². The van der Waals surface area contributed by atoms with Crippen molar-refractivity contribution in [2.75, 3.05) is 32.4 Å². The highest BCUT2D eigenvalue weighted by atomic mass is 16.7. The van der Waals surface area contributed by atoms with Crippen LogP contribution in [0.4, 0.5) is 5.82 Å². The number of nitrogens with one attached hydrogen (secondary N) is 2. The minimum absolute atomic E-state index is 0.103. The summed E-state index contributed by atoms with van der Waals surface area (Å²) in [7, 11) is 1.52. The van der Waals surface area contributed by atoms with Crippen molar-refractivity contribution >= 4 is 33.8 Å². The molecule has 5 aromatic rings. The quantitative estimate of drug-likeness (QED) is 0.194. The highest BCUT2D eigenvalue weighted by Gasteiger charge is 2.46. The minimum atomic E-state index is -1.23. The number of ether oxygens (including phenoxy) is 4. The molecule has 0 bridgehead atoms. The van der Waals surface area contributed by atoms with Gasteiger partial charge in [0, 0.05) is 18.0 Å². The van der Waals surface area contributed by atoms with E-state index in [-0.39, 0.29) is 12.5 Å². The van der Waals surface area contributed by atoms with Gasteiger partial charge in [-0.15, -0.1) is 0 Å². The van der Waals surface area contributed by atoms with Crippen LogP contribution in [0.15, 0.2) is 61.2 Å². The minimum Gasteiger partial charge on any atom is -0.496 e. The average molecular weight is 600 g/mol. The molecule has 2 aliphatic rings. The second kappa shape index (κ2) is 11.6. The van der Waals surface area contributed by atoms with E-state index in [2.05, 4.69) is 30.6 Å². The maximum atomic E-state index is 13.4. The van der Waals surface area contributed by atoms with Crippen molar-refractivity contribution < 1.29 is 34.0 Å². The zero-order chi connectivity index (χ0) is 30.2. The number of rotatable bonds is 9. The van der Waals surface area contributed by atoms with Gasteiger partial charge in [-0.25, -0.2) is 19.9 Å². The van der Waals surface area contributed by atoms with Gasteiger partial charge in [0.25, 0.3) is 5.91 Å². The fourth-order valence-electron chi connectivity index (χ4n) is 5.53. The third-order valence-corrected chi connectivity index (χ3v) is 7.75. The number of benzene rings is 2. The molecular formula is C30H29N7O7. The summed E-state index contributed by atoms with van der Waals surface area (Å²) < 4.78 is 24.0. The summed E-state index contributed by atoms with van der Waals surface area (Å²) >= 11 is 0. The summed E-state index contributed by atoms with van der Waals surface area (Å²) in [4.78, 5) is 31.2. The largest absolute Gasteiger partial charge is 0.496 e. The van der Waals surface area contributed by atoms with E-state index in [0.29, 0.717) is 41.2 Å². The van der Waals surface area contributed by atoms with Crippen molar-refractivity contribution in [2.45, 2.75) is 30.9 Å². The first-order valence-corrected chi connectivity index (χ1v) is 14.0. The number of carbonyl (C=O) groups is 1. The monoisotopic (exact) mass is 599 g/mol. The lowest BCUT2D eigenvalue weighted by Crippen LogP contribution is -2.47. The van der Waals surface area contributed by atoms with Crippen LogP contribution in [0.5, 0.6) is 17.2 Å². The van der Waals surface area contributed by atoms with Gasteiger partial charge < -0.3 is 39.8 Å². The molecule has 2 aliphatic heterocycles. The molecule has 1 saturated heterocycles. The maximum Gasteiger partial charge on any atom is 0.270 e. The number of imidazole rings is 1. The molecule has 0 saturated carbocycles. The number of nitrogens with zero attached hydrogens (tertiary/aromatic N) is 5. The first kappa shape index (κ1) is 27.8. The molecule has 0 unspecified atom stereocenters. The highest BCUT2D eigenvalue weighted by molar-refractivity contribution is 5.97. The average Bonchev–Trinajstić information content (AvgIpc) is 3.78. The number of para-hydroxylation sites is 1. The summed E-state index contributed by atoms with van der Waals surface area (Å²) in [6.45, 7) is 0.324. The molecular weight excluding hydrogens is 570 g/mol. The van der Waals surface area contributed by atoms with Crippen LogP contribution in [0.25, 0.3) is 22.1 Å². The van der Waals surface area contributed by atoms with Crippen molar-refractivity contribution in [3.05, 3.63) is 72.4 Å². The number of aliphatic hydroxyl groups excluding tert-OH is 2. The van der Waals surface area contributed by atoms with Gasteiger partial charge in [0.15, 0.2) is 34.7 Å². The van der Waals surface area contributed by atoms with Gasteiger partial charge in [0.1, 0.15) is 36.0 Å². The van der Waals surface area contributed by atoms with Crippen molar-refractivity contribution in [1.29, 1.82) is 0 Å². The Kier molecular flexibility index (Phi) is 7.29. The molecule has 2 aromatic carbocycles. The Morgan fingerprint density at radius 1 is 1.11 bits per heavy atom. The van der Waals surface area contributed by atoms with E-state index in [4.69, 9.17) is 18.9 Å². The summed E-state index contributed by atoms with van der Waals surface area (Å²) in [6.07, 6.45) is 0.487. The maximum absolute atomic E-state index is 13.4. The molecule has 0 aliphatic carbocycles. The highest BCUT2D eigenvalue weighted by Crippen LogP contribution is 2.34. The van der Waals surface area contributed by atoms with Crippen LogP contribution in [-0.4, -0.2) is 85.9 Å². The third-order valence-electron chi connectivity index (χ3n) is 7.75. The Balaban J connectivity index is 1.12. The Morgan fingerprint density at radius 3 is 2.84 bits per heavy atom. The van der Waals surface area contributed by atoms with Crippen LogP contribution >= 0.6 is 0 Å². The summed E-state index contributed by atoms with van der Waals surface area (Å²) in [6, 6.07) is 13.7. The van der Waals surface area contributed by atoms with Crippen LogP contribution < -0.4 is 24.8 Å². The third kappa shape index (κ3) is 4.98. The number of hydrogen-bond donors (Lipinski definition) is 4. The Labute approximate surface area is 250 Å². The zero-order valence-corrected chi connectivity index (χ0v) is 23.6. The molecule has 44 heavy (non-hydrogen) atoms. The van der Waals surface area contributed by atoms with Crippen molar-refractivity contribution in [3.8, 4) is 17.2 Å². The molecule has 0 radical (unpaired) electrons. The molecule has 14 heteroatoms. The molecule has 1 amide bonds. The molecule has 5 heterocycles. The fraction of sp³-hybridized carbons (Fsp3) is 0.300. The SMILES string of the molecule is COc1cc(C(=O)N[C@@H]2[C@H](O)[C@@H](CO)O[C@H]2n2cnc3c(NCCc4ccc5c(c4)OCO5)ncnc32)nc2ccccc12. The number of methoxy groups -OCH3 is 1. The lowest BCUT2D eigenvalue weighted by atomic mass is 10.1. The topological polar surface area (TPSA) is 175 Å². The Morgan fingerprint density at radius 2 is 1.98 bits per heavy atom. The number of anilines is 1. The van der Waals surface area contributed by atoms with Crippen molar-refractivity contribution in [2.24, 2.45) is 0 Å². The number of fused-ring (bicyclic) bond motifs is 3. The molecule has 4 N–H and O–H groups in total. The van der Waals surface area contributed by atoms with E-state index in [9.17, 15) is 15.0 Å². The Bertz CT molecular complexity index is 1850. The number of hydrogen-bond acceptors (Lipinski definition) is 12. The van der Waals surface area contributed by atoms with Crippen molar-refractivity contribution in [3.63, 3.8) is 0 Å². The van der Waals surface area contributed by atoms with Crippen LogP contribution in [0.2, 0.25) is 0 Å². The predicted molar refractivity (Wildman–Crippen MR) is 157 cm³/mol. The number of pyridine rings is 1. The van der Waals surface area contributed by atoms with Gasteiger partial charge in [0.05, 0.1) is 25.6 Å². The first-order valence-electron chi connectivity index (χ1n) is 14.0. The second-order valence-electron chi connectivity index (χ2n) is 10.4. The van der Waals surface area contributed by atoms with Crippen LogP contribution in [0, 0.1) is 0 Å². The number of aromatic nitrogens is 5. The van der Waals surface area contributed by atoms with Gasteiger partial charge >= 0.3 is 0 Å². The molecule has 0 spiro atoms. The van der Waals surface area contributed by atoms with E-state index < -0.39 is 37.0 Å². The molecule has 14 nitrogen and oxygen atoms in total. The standard InChI is InChI=1S/C30H29N7O7/c1-41-21-11-19(35-18-5-3-2-4-17(18)21)29(40)36-24-26(39)23(12-38)44-30(24)37-14-34-25-27(32-13-33-28(25)37)31-9-8-16-6-7-20-22(10-16)43-15-42-20/h2-7,10-11,13-14,23-24,26,30,38-39H,8-9,12,15H2,1H3,(H,36,40)(H,31,32,33)/t23-,24-,26-,30-/m1/s1. The normalized spacial score (nSPS) is 20.7. The zero-order valence-electron chi connectivity index (χ0n) is 23.6. The molecule has 7 rings (SSSR count). The molecule has 4 atom stereocenters. The number of amides is 1. The Hall–Kier alpha value is -5.05. The van der Waals surface area contributed by atoms with E-state index in [1.807, 2.05) is 36.4 Å². The summed E-state index contributed by atoms with van der Waals surface area (Å²) in [5.41, 5.74) is 2.66. The van der Waals surface area contributed by atoms with E-state index in [1.165, 1.54) is 19.8 Å². The van der Waals surface area contributed by atoms with E-state index in [1.54, 1.807) is 16.7 Å². The van der Waals surface area contributed by atoms with Crippen LogP contribution in [0.1, 0.15) is 22.3 Å². The van der Waals surface area contributed by atoms with Crippen LogP contribution in [0.3, 0.4) is 0 Å². The summed E-state index contributed by atoms with van der Waals surface area (Å²) in [5.74, 6) is 1.91. The van der Waals surface area contributed by atoms with Crippen LogP contribution in [-0.2, 0) is 11.2 Å². The lowest BCUT2D eigenvalue weighted by Gasteiger charge is -2.23. The smallest absolute Gasteiger partial charge is 0.270 e. The van der Waals surface area contributed by atoms with Gasteiger partial charge in [0.2, 0.25) is 6.79 Å². The summed E-state index contributed by atoms with van der Waals surface area (Å²) in [5, 5.41) is 27.9. The second-order valence-corrected chi connectivity index (χ2v) is 10.4. The van der Waals surface area contributed by atoms with Gasteiger partial charge in [-0.05, 0) is 36.2 Å². The predicted octanol–water partition coefficient (Wildman–Crippen LogP) is 1.82. The van der Waals surface area contributed by atoms with E-state index in [0.717, 1.165) is 22.4 Å². The first-order chi connectivity index (χ1) is 21.5. The van der Waals surface area contributed by atoms with Gasteiger partial charge in [-0.3, -0.25) is 9.36 Å². The number of aliphatic hydroxyl groups is 2. The molecule has 226 valence electrons. The van der Waals surface area contributed by atoms with E-state index >= 15 is 0 Å². The molecule has 3 aromatic heterocycles.